The van der Waals surface area contributed by atoms with E-state index < -0.39 is 29.2 Å². The summed E-state index contributed by atoms with van der Waals surface area (Å²) in [6.07, 6.45) is 0.923. The number of H-pyrrole nitrogens is 1. The van der Waals surface area contributed by atoms with Crippen LogP contribution in [0.15, 0.2) is 35.3 Å². The highest BCUT2D eigenvalue weighted by molar-refractivity contribution is 5.92. The normalized spacial score (nSPS) is 18.9. The lowest BCUT2D eigenvalue weighted by atomic mass is 9.78. The molecular formula is C21H25N3O7. The van der Waals surface area contributed by atoms with E-state index in [0.29, 0.717) is 12.3 Å². The van der Waals surface area contributed by atoms with E-state index >= 15 is 0 Å². The third kappa shape index (κ3) is 4.54. The largest absolute Gasteiger partial charge is 0.506 e. The number of aromatic amines is 1. The molecule has 1 aliphatic heterocycles. The fourth-order valence-corrected chi connectivity index (χ4v) is 3.90. The van der Waals surface area contributed by atoms with E-state index in [4.69, 9.17) is 9.47 Å². The molecule has 0 saturated carbocycles. The van der Waals surface area contributed by atoms with Crippen LogP contribution in [0.25, 0.3) is 0 Å². The molecule has 1 aromatic carbocycles. The van der Waals surface area contributed by atoms with E-state index in [2.05, 4.69) is 20.6 Å². The van der Waals surface area contributed by atoms with Gasteiger partial charge in [0, 0.05) is 24.6 Å². The minimum atomic E-state index is -0.804. The van der Waals surface area contributed by atoms with E-state index in [9.17, 15) is 19.5 Å². The number of methoxy groups -OCH3 is 3. The van der Waals surface area contributed by atoms with Gasteiger partial charge in [-0.15, -0.1) is 0 Å². The Morgan fingerprint density at radius 2 is 1.87 bits per heavy atom. The van der Waals surface area contributed by atoms with Gasteiger partial charge in [-0.25, -0.2) is 10.2 Å². The molecule has 0 amide bonds. The summed E-state index contributed by atoms with van der Waals surface area (Å²) in [5, 5.41) is 10.8. The van der Waals surface area contributed by atoms with Crippen molar-refractivity contribution in [1.82, 2.24) is 15.8 Å². The highest BCUT2D eigenvalue weighted by Crippen LogP contribution is 2.41. The number of hydrogen-bond acceptors (Lipinski definition) is 9. The predicted octanol–water partition coefficient (Wildman–Crippen LogP) is 0.988. The summed E-state index contributed by atoms with van der Waals surface area (Å²) >= 11 is 0. The number of ether oxygens (including phenoxy) is 3. The highest BCUT2D eigenvalue weighted by Gasteiger charge is 2.40. The van der Waals surface area contributed by atoms with Gasteiger partial charge in [-0.05, 0) is 17.7 Å². The number of esters is 2. The minimum absolute atomic E-state index is 0.0673. The molecule has 10 heteroatoms. The summed E-state index contributed by atoms with van der Waals surface area (Å²) in [5.41, 5.74) is 6.26. The second-order valence-electron chi connectivity index (χ2n) is 7.11. The molecule has 1 fully saturated rings. The van der Waals surface area contributed by atoms with Crippen LogP contribution in [0.1, 0.15) is 39.9 Å². The van der Waals surface area contributed by atoms with Gasteiger partial charge in [-0.3, -0.25) is 15.0 Å². The topological polar surface area (TPSA) is 139 Å². The monoisotopic (exact) mass is 431 g/mol. The van der Waals surface area contributed by atoms with Gasteiger partial charge in [0.2, 0.25) is 0 Å². The maximum absolute atomic E-state index is 12.7. The molecular weight excluding hydrogens is 406 g/mol. The van der Waals surface area contributed by atoms with Crippen LogP contribution in [0.4, 0.5) is 0 Å². The van der Waals surface area contributed by atoms with Gasteiger partial charge in [0.25, 0.3) is 5.56 Å². The number of aromatic nitrogens is 1. The Hall–Kier alpha value is -3.37. The third-order valence-corrected chi connectivity index (χ3v) is 5.51. The maximum atomic E-state index is 12.7. The predicted molar refractivity (Wildman–Crippen MR) is 110 cm³/mol. The zero-order valence-electron chi connectivity index (χ0n) is 17.4. The van der Waals surface area contributed by atoms with Gasteiger partial charge >= 0.3 is 11.9 Å². The van der Waals surface area contributed by atoms with Crippen LogP contribution < -0.4 is 21.1 Å². The Labute approximate surface area is 178 Å². The van der Waals surface area contributed by atoms with E-state index in [-0.39, 0.29) is 29.5 Å². The lowest BCUT2D eigenvalue weighted by Gasteiger charge is -2.28. The lowest BCUT2D eigenvalue weighted by molar-refractivity contribution is -0.141. The number of carbonyl (C=O) groups excluding carboxylic acids is 2. The summed E-state index contributed by atoms with van der Waals surface area (Å²) in [5.74, 6) is -2.25. The Bertz CT molecular complexity index is 1000. The molecule has 1 aliphatic rings. The van der Waals surface area contributed by atoms with Gasteiger partial charge in [0.15, 0.2) is 0 Å². The molecule has 1 saturated heterocycles. The van der Waals surface area contributed by atoms with Crippen LogP contribution >= 0.6 is 0 Å². The summed E-state index contributed by atoms with van der Waals surface area (Å²) < 4.78 is 14.7. The lowest BCUT2D eigenvalue weighted by Crippen LogP contribution is -2.30. The van der Waals surface area contributed by atoms with Crippen molar-refractivity contribution in [3.63, 3.8) is 0 Å². The van der Waals surface area contributed by atoms with E-state index in [1.807, 2.05) is 24.3 Å². The van der Waals surface area contributed by atoms with Crippen LogP contribution in [0.2, 0.25) is 0 Å². The van der Waals surface area contributed by atoms with Crippen molar-refractivity contribution in [3.8, 4) is 11.5 Å². The van der Waals surface area contributed by atoms with Crippen LogP contribution in [0.5, 0.6) is 11.5 Å². The number of benzene rings is 1. The minimum Gasteiger partial charge on any atom is -0.506 e. The Kier molecular flexibility index (Phi) is 6.93. The molecule has 0 aliphatic carbocycles. The van der Waals surface area contributed by atoms with E-state index in [1.54, 1.807) is 7.11 Å². The molecule has 0 radical (unpaired) electrons. The molecule has 4 N–H and O–H groups in total. The molecule has 166 valence electrons. The number of pyridine rings is 1. The van der Waals surface area contributed by atoms with E-state index in [1.165, 1.54) is 14.2 Å². The van der Waals surface area contributed by atoms with Gasteiger partial charge < -0.3 is 24.3 Å². The first-order valence-electron chi connectivity index (χ1n) is 9.63. The van der Waals surface area contributed by atoms with Crippen molar-refractivity contribution in [1.29, 1.82) is 0 Å². The molecule has 10 nitrogen and oxygen atoms in total. The molecule has 3 rings (SSSR count). The quantitative estimate of drug-likeness (QED) is 0.473. The number of carbonyl (C=O) groups is 2. The molecule has 0 spiro atoms. The van der Waals surface area contributed by atoms with Crippen LogP contribution in [-0.4, -0.2) is 49.9 Å². The second-order valence-corrected chi connectivity index (χ2v) is 7.11. The first kappa shape index (κ1) is 22.3. The number of hydrazine groups is 1. The standard InChI is InChI=1S/C21H25N3O7/c1-29-12-6-4-11(5-7-12)18-14(10-23-24-18)13(8-16(25)30-2)17-19(26)15(21(28)31-3)9-22-20(17)27/h4-7,9,13-14,18,23-24H,8,10H2,1-3H3,(H2,22,26,27). The SMILES string of the molecule is COC(=O)CC(c1c(O)c(C(=O)OC)c[nH]c1=O)C1CNNC1c1ccc(OC)cc1. The Balaban J connectivity index is 2.08. The average molecular weight is 431 g/mol. The molecule has 3 unspecified atom stereocenters. The van der Waals surface area contributed by atoms with Gasteiger partial charge in [-0.2, -0.15) is 0 Å². The number of hydrogen-bond donors (Lipinski definition) is 4. The number of aromatic hydroxyl groups is 1. The molecule has 2 aromatic rings. The first-order valence-corrected chi connectivity index (χ1v) is 9.63. The van der Waals surface area contributed by atoms with Gasteiger partial charge in [0.05, 0.1) is 39.4 Å². The summed E-state index contributed by atoms with van der Waals surface area (Å²) in [6.45, 7) is 0.402. The van der Waals surface area contributed by atoms with Crippen molar-refractivity contribution < 1.29 is 28.9 Å². The molecule has 0 bridgehead atoms. The van der Waals surface area contributed by atoms with Gasteiger partial charge in [-0.1, -0.05) is 12.1 Å². The van der Waals surface area contributed by atoms with Crippen LogP contribution in [0, 0.1) is 5.92 Å². The fraction of sp³-hybridized carbons (Fsp3) is 0.381. The van der Waals surface area contributed by atoms with Crippen molar-refractivity contribution in [3.05, 3.63) is 57.5 Å². The highest BCUT2D eigenvalue weighted by atomic mass is 16.5. The van der Waals surface area contributed by atoms with Crippen molar-refractivity contribution in [2.24, 2.45) is 5.92 Å². The molecule has 2 heterocycles. The number of rotatable bonds is 7. The summed E-state index contributed by atoms with van der Waals surface area (Å²) in [4.78, 5) is 39.4. The Morgan fingerprint density at radius 3 is 2.48 bits per heavy atom. The zero-order chi connectivity index (χ0) is 22.5. The number of nitrogens with one attached hydrogen (secondary N) is 3. The molecule has 31 heavy (non-hydrogen) atoms. The fourth-order valence-electron chi connectivity index (χ4n) is 3.90. The molecule has 3 atom stereocenters. The first-order chi connectivity index (χ1) is 14.9. The second kappa shape index (κ2) is 9.63. The van der Waals surface area contributed by atoms with Crippen molar-refractivity contribution in [2.75, 3.05) is 27.9 Å². The summed E-state index contributed by atoms with van der Waals surface area (Å²) in [7, 11) is 3.99. The van der Waals surface area contributed by atoms with E-state index in [0.717, 1.165) is 11.8 Å². The zero-order valence-corrected chi connectivity index (χ0v) is 17.4. The smallest absolute Gasteiger partial charge is 0.343 e. The maximum Gasteiger partial charge on any atom is 0.343 e. The Morgan fingerprint density at radius 1 is 1.16 bits per heavy atom. The van der Waals surface area contributed by atoms with Crippen molar-refractivity contribution >= 4 is 11.9 Å². The van der Waals surface area contributed by atoms with Crippen LogP contribution in [-0.2, 0) is 14.3 Å². The van der Waals surface area contributed by atoms with Crippen molar-refractivity contribution in [2.45, 2.75) is 18.4 Å². The summed E-state index contributed by atoms with van der Waals surface area (Å²) in [6, 6.07) is 7.08. The molecule has 1 aromatic heterocycles. The average Bonchev–Trinajstić information content (AvgIpc) is 3.27. The third-order valence-electron chi connectivity index (χ3n) is 5.51. The van der Waals surface area contributed by atoms with Crippen LogP contribution in [0.3, 0.4) is 0 Å². The van der Waals surface area contributed by atoms with Gasteiger partial charge in [0.1, 0.15) is 17.1 Å².